The average molecular weight is 306 g/mol. The molecule has 2 aromatic rings. The van der Waals surface area contributed by atoms with Gasteiger partial charge in [-0.1, -0.05) is 31.5 Å². The summed E-state index contributed by atoms with van der Waals surface area (Å²) in [5.41, 5.74) is 2.97. The lowest BCUT2D eigenvalue weighted by Crippen LogP contribution is -2.22. The van der Waals surface area contributed by atoms with Gasteiger partial charge in [0.05, 0.1) is 0 Å². The lowest BCUT2D eigenvalue weighted by atomic mass is 10.2. The van der Waals surface area contributed by atoms with Crippen molar-refractivity contribution < 1.29 is 4.74 Å². The lowest BCUT2D eigenvalue weighted by Gasteiger charge is -2.11. The molecule has 1 heterocycles. The van der Waals surface area contributed by atoms with Gasteiger partial charge >= 0.3 is 6.01 Å². The van der Waals surface area contributed by atoms with Gasteiger partial charge in [0.25, 0.3) is 0 Å². The Morgan fingerprint density at radius 1 is 1.29 bits per heavy atom. The summed E-state index contributed by atoms with van der Waals surface area (Å²) in [4.78, 5) is 8.67. The van der Waals surface area contributed by atoms with Gasteiger partial charge in [-0.25, -0.2) is 4.98 Å². The van der Waals surface area contributed by atoms with Crippen LogP contribution in [0.25, 0.3) is 0 Å². The minimum Gasteiger partial charge on any atom is -0.424 e. The summed E-state index contributed by atoms with van der Waals surface area (Å²) in [6.45, 7) is 8.88. The van der Waals surface area contributed by atoms with Crippen LogP contribution in [0.5, 0.6) is 11.8 Å². The lowest BCUT2D eigenvalue weighted by molar-refractivity contribution is 0.435. The van der Waals surface area contributed by atoms with E-state index in [9.17, 15) is 0 Å². The van der Waals surface area contributed by atoms with E-state index in [1.165, 1.54) is 0 Å². The van der Waals surface area contributed by atoms with Crippen molar-refractivity contribution >= 4 is 11.6 Å². The summed E-state index contributed by atoms with van der Waals surface area (Å²) < 4.78 is 5.72. The fraction of sp³-hybridized carbons (Fsp3) is 0.375. The smallest absolute Gasteiger partial charge is 0.322 e. The van der Waals surface area contributed by atoms with Gasteiger partial charge in [0.1, 0.15) is 5.75 Å². The number of nitrogens with zero attached hydrogens (tertiary/aromatic N) is 2. The van der Waals surface area contributed by atoms with E-state index in [0.29, 0.717) is 22.8 Å². The maximum Gasteiger partial charge on any atom is 0.322 e. The molecule has 0 saturated heterocycles. The maximum atomic E-state index is 5.98. The van der Waals surface area contributed by atoms with Crippen LogP contribution in [0.3, 0.4) is 0 Å². The van der Waals surface area contributed by atoms with Crippen LogP contribution in [0.15, 0.2) is 24.4 Å². The molecule has 0 spiro atoms. The first kappa shape index (κ1) is 15.7. The summed E-state index contributed by atoms with van der Waals surface area (Å²) >= 11 is 5.98. The molecule has 0 aliphatic rings. The van der Waals surface area contributed by atoms with Crippen LogP contribution in [0.2, 0.25) is 5.02 Å². The van der Waals surface area contributed by atoms with Gasteiger partial charge in [-0.3, -0.25) is 0 Å². The Kier molecular flexibility index (Phi) is 5.15. The zero-order valence-corrected chi connectivity index (χ0v) is 13.5. The number of rotatable bonds is 5. The normalized spacial score (nSPS) is 11.0. The van der Waals surface area contributed by atoms with Crippen LogP contribution < -0.4 is 10.1 Å². The van der Waals surface area contributed by atoms with Crippen molar-refractivity contribution in [1.82, 2.24) is 15.3 Å². The molecule has 0 unspecified atom stereocenters. The van der Waals surface area contributed by atoms with Crippen LogP contribution in [0, 0.1) is 13.8 Å². The van der Waals surface area contributed by atoms with E-state index >= 15 is 0 Å². The predicted octanol–water partition coefficient (Wildman–Crippen LogP) is 4.04. The van der Waals surface area contributed by atoms with Gasteiger partial charge in [-0.2, -0.15) is 4.98 Å². The average Bonchev–Trinajstić information content (AvgIpc) is 2.42. The third kappa shape index (κ3) is 4.41. The maximum absolute atomic E-state index is 5.98. The molecule has 0 bridgehead atoms. The first-order valence-electron chi connectivity index (χ1n) is 6.95. The Bertz CT molecular complexity index is 629. The van der Waals surface area contributed by atoms with E-state index in [0.717, 1.165) is 23.4 Å². The fourth-order valence-electron chi connectivity index (χ4n) is 1.79. The number of ether oxygens (including phenoxy) is 1. The Morgan fingerprint density at radius 2 is 2.05 bits per heavy atom. The zero-order valence-electron chi connectivity index (χ0n) is 12.8. The van der Waals surface area contributed by atoms with Crippen LogP contribution in [-0.4, -0.2) is 16.0 Å². The molecule has 1 N–H and O–H groups in total. The summed E-state index contributed by atoms with van der Waals surface area (Å²) in [5, 5.41) is 3.98. The van der Waals surface area contributed by atoms with Gasteiger partial charge in [0.15, 0.2) is 0 Å². The largest absolute Gasteiger partial charge is 0.424 e. The van der Waals surface area contributed by atoms with Crippen molar-refractivity contribution in [3.05, 3.63) is 46.2 Å². The Morgan fingerprint density at radius 3 is 2.71 bits per heavy atom. The monoisotopic (exact) mass is 305 g/mol. The molecule has 0 aliphatic heterocycles. The molecule has 0 saturated carbocycles. The molecule has 2 rings (SSSR count). The predicted molar refractivity (Wildman–Crippen MR) is 85.0 cm³/mol. The highest BCUT2D eigenvalue weighted by atomic mass is 35.5. The van der Waals surface area contributed by atoms with Crippen LogP contribution in [0.1, 0.15) is 30.7 Å². The van der Waals surface area contributed by atoms with E-state index < -0.39 is 0 Å². The molecule has 4 nitrogen and oxygen atoms in total. The summed E-state index contributed by atoms with van der Waals surface area (Å²) in [6, 6.07) is 6.27. The quantitative estimate of drug-likeness (QED) is 0.905. The molecule has 0 fully saturated rings. The van der Waals surface area contributed by atoms with Gasteiger partial charge < -0.3 is 10.1 Å². The molecule has 21 heavy (non-hydrogen) atoms. The number of nitrogens with one attached hydrogen (secondary N) is 1. The molecule has 0 aliphatic carbocycles. The fourth-order valence-corrected chi connectivity index (χ4v) is 1.95. The van der Waals surface area contributed by atoms with Crippen molar-refractivity contribution in [3.8, 4) is 11.8 Å². The molecule has 112 valence electrons. The second-order valence-corrected chi connectivity index (χ2v) is 5.75. The number of aromatic nitrogens is 2. The second-order valence-electron chi connectivity index (χ2n) is 5.31. The molecule has 1 aromatic heterocycles. The minimum atomic E-state index is 0.339. The third-order valence-corrected chi connectivity index (χ3v) is 3.35. The van der Waals surface area contributed by atoms with E-state index in [1.54, 1.807) is 12.3 Å². The van der Waals surface area contributed by atoms with E-state index in [2.05, 4.69) is 29.1 Å². The van der Waals surface area contributed by atoms with Crippen molar-refractivity contribution in [2.45, 2.75) is 40.3 Å². The minimum absolute atomic E-state index is 0.339. The molecule has 5 heteroatoms. The molecular formula is C16H20ClN3O. The molecule has 1 aromatic carbocycles. The Balaban J connectivity index is 2.14. The zero-order chi connectivity index (χ0) is 15.4. The summed E-state index contributed by atoms with van der Waals surface area (Å²) in [6.07, 6.45) is 1.80. The highest BCUT2D eigenvalue weighted by Crippen LogP contribution is 2.26. The third-order valence-electron chi connectivity index (χ3n) is 3.11. The van der Waals surface area contributed by atoms with Crippen molar-refractivity contribution in [2.75, 3.05) is 0 Å². The van der Waals surface area contributed by atoms with E-state index in [-0.39, 0.29) is 0 Å². The SMILES string of the molecule is Cc1ccc(Cl)cc1Oc1ncc(CNC(C)C)c(C)n1. The highest BCUT2D eigenvalue weighted by molar-refractivity contribution is 6.30. The number of halogens is 1. The van der Waals surface area contributed by atoms with Gasteiger partial charge in [-0.15, -0.1) is 0 Å². The number of aryl methyl sites for hydroxylation is 2. The van der Waals surface area contributed by atoms with Gasteiger partial charge in [0, 0.05) is 35.1 Å². The van der Waals surface area contributed by atoms with Crippen molar-refractivity contribution in [3.63, 3.8) is 0 Å². The van der Waals surface area contributed by atoms with Crippen LogP contribution >= 0.6 is 11.6 Å². The van der Waals surface area contributed by atoms with E-state index in [4.69, 9.17) is 16.3 Å². The Hall–Kier alpha value is -1.65. The number of hydrogen-bond donors (Lipinski definition) is 1. The summed E-state index contributed by atoms with van der Waals surface area (Å²) in [5.74, 6) is 0.676. The molecule has 0 atom stereocenters. The van der Waals surface area contributed by atoms with Crippen molar-refractivity contribution in [1.29, 1.82) is 0 Å². The Labute approximate surface area is 130 Å². The van der Waals surface area contributed by atoms with Crippen molar-refractivity contribution in [2.24, 2.45) is 0 Å². The molecule has 0 amide bonds. The van der Waals surface area contributed by atoms with Crippen LogP contribution in [0.4, 0.5) is 0 Å². The first-order valence-corrected chi connectivity index (χ1v) is 7.33. The highest BCUT2D eigenvalue weighted by Gasteiger charge is 2.08. The standard InChI is InChI=1S/C16H20ClN3O/c1-10(2)18-8-13-9-19-16(20-12(13)4)21-15-7-14(17)6-5-11(15)3/h5-7,9-10,18H,8H2,1-4H3. The molecule has 0 radical (unpaired) electrons. The topological polar surface area (TPSA) is 47.0 Å². The van der Waals surface area contributed by atoms with E-state index in [1.807, 2.05) is 26.0 Å². The van der Waals surface area contributed by atoms with Gasteiger partial charge in [-0.05, 0) is 31.5 Å². The van der Waals surface area contributed by atoms with Gasteiger partial charge in [0.2, 0.25) is 0 Å². The summed E-state index contributed by atoms with van der Waals surface area (Å²) in [7, 11) is 0. The molecular weight excluding hydrogens is 286 g/mol. The number of benzene rings is 1. The number of hydrogen-bond acceptors (Lipinski definition) is 4. The first-order chi connectivity index (χ1) is 9.95. The van der Waals surface area contributed by atoms with Crippen LogP contribution in [-0.2, 0) is 6.54 Å². The second kappa shape index (κ2) is 6.87.